The Morgan fingerprint density at radius 2 is 1.88 bits per heavy atom. The highest BCUT2D eigenvalue weighted by molar-refractivity contribution is 5.87. The fourth-order valence-electron chi connectivity index (χ4n) is 4.88. The molecule has 10 nitrogen and oxygen atoms in total. The van der Waals surface area contributed by atoms with Crippen LogP contribution in [0.2, 0.25) is 0 Å². The lowest BCUT2D eigenvalue weighted by molar-refractivity contribution is -0.114. The van der Waals surface area contributed by atoms with Gasteiger partial charge in [-0.3, -0.25) is 9.48 Å². The van der Waals surface area contributed by atoms with Gasteiger partial charge < -0.3 is 24.7 Å². The van der Waals surface area contributed by atoms with Crippen LogP contribution in [-0.4, -0.2) is 42.9 Å². The van der Waals surface area contributed by atoms with Crippen molar-refractivity contribution in [3.8, 4) is 11.5 Å². The summed E-state index contributed by atoms with van der Waals surface area (Å²) >= 11 is 0. The largest absolute Gasteiger partial charge is 0.457 e. The summed E-state index contributed by atoms with van der Waals surface area (Å²) in [6.07, 6.45) is 6.17. The molecule has 1 saturated carbocycles. The lowest BCUT2D eigenvalue weighted by atomic mass is 9.86. The molecule has 5 rings (SSSR count). The van der Waals surface area contributed by atoms with Crippen molar-refractivity contribution in [2.75, 3.05) is 17.2 Å². The van der Waals surface area contributed by atoms with Gasteiger partial charge in [-0.15, -0.1) is 0 Å². The molecule has 0 unspecified atom stereocenters. The molecule has 0 radical (unpaired) electrons. The van der Waals surface area contributed by atoms with Gasteiger partial charge in [0.1, 0.15) is 17.3 Å². The molecule has 2 N–H and O–H groups in total. The summed E-state index contributed by atoms with van der Waals surface area (Å²) in [5.41, 5.74) is 2.90. The van der Waals surface area contributed by atoms with Crippen LogP contribution in [0.4, 0.5) is 17.6 Å². The predicted octanol–water partition coefficient (Wildman–Crippen LogP) is 6.48. The van der Waals surface area contributed by atoms with E-state index in [0.717, 1.165) is 49.1 Å². The maximum atomic E-state index is 11.4. The highest BCUT2D eigenvalue weighted by Gasteiger charge is 2.35. The normalized spacial score (nSPS) is 17.1. The molecular formula is C30H39N7O3. The number of ether oxygens (including phenoxy) is 2. The van der Waals surface area contributed by atoms with Crippen molar-refractivity contribution >= 4 is 34.5 Å². The lowest BCUT2D eigenvalue weighted by Crippen LogP contribution is -2.36. The Morgan fingerprint density at radius 1 is 1.10 bits per heavy atom. The molecule has 1 aromatic carbocycles. The number of hydrogen-bond acceptors (Lipinski definition) is 7. The Balaban J connectivity index is 1.33. The molecule has 40 heavy (non-hydrogen) atoms. The third kappa shape index (κ3) is 6.12. The molecular weight excluding hydrogens is 506 g/mol. The average molecular weight is 546 g/mol. The van der Waals surface area contributed by atoms with Crippen molar-refractivity contribution in [2.45, 2.75) is 77.9 Å². The monoisotopic (exact) mass is 545 g/mol. The molecule has 10 heteroatoms. The van der Waals surface area contributed by atoms with Crippen LogP contribution in [0.3, 0.4) is 0 Å². The molecule has 0 bridgehead atoms. The first kappa shape index (κ1) is 27.6. The van der Waals surface area contributed by atoms with Crippen molar-refractivity contribution in [1.29, 1.82) is 0 Å². The number of nitrogens with zero attached hydrogens (tertiary/aromatic N) is 5. The summed E-state index contributed by atoms with van der Waals surface area (Å²) < 4.78 is 16.2. The highest BCUT2D eigenvalue weighted by Crippen LogP contribution is 2.39. The smallest absolute Gasteiger partial charge is 0.222 e. The van der Waals surface area contributed by atoms with Crippen LogP contribution >= 0.6 is 0 Å². The predicted molar refractivity (Wildman–Crippen MR) is 156 cm³/mol. The Labute approximate surface area is 235 Å². The minimum absolute atomic E-state index is 0.0492. The Morgan fingerprint density at radius 3 is 2.60 bits per heavy atom. The molecule has 1 aliphatic rings. The Bertz CT molecular complexity index is 1490. The van der Waals surface area contributed by atoms with Gasteiger partial charge in [-0.05, 0) is 37.5 Å². The van der Waals surface area contributed by atoms with Gasteiger partial charge in [0.25, 0.3) is 0 Å². The van der Waals surface area contributed by atoms with Gasteiger partial charge >= 0.3 is 0 Å². The molecule has 1 amide bonds. The van der Waals surface area contributed by atoms with Crippen LogP contribution in [-0.2, 0) is 22.0 Å². The van der Waals surface area contributed by atoms with Crippen molar-refractivity contribution < 1.29 is 14.3 Å². The summed E-state index contributed by atoms with van der Waals surface area (Å²) in [7, 11) is 1.97. The molecule has 1 fully saturated rings. The fourth-order valence-corrected chi connectivity index (χ4v) is 4.88. The van der Waals surface area contributed by atoms with Gasteiger partial charge in [0.2, 0.25) is 11.9 Å². The third-order valence-electron chi connectivity index (χ3n) is 7.13. The molecule has 0 spiro atoms. The first-order valence-corrected chi connectivity index (χ1v) is 14.0. The zero-order valence-corrected chi connectivity index (χ0v) is 24.2. The van der Waals surface area contributed by atoms with Crippen molar-refractivity contribution in [2.24, 2.45) is 7.05 Å². The minimum atomic E-state index is -0.186. The van der Waals surface area contributed by atoms with Gasteiger partial charge in [0.15, 0.2) is 5.82 Å². The third-order valence-corrected chi connectivity index (χ3v) is 7.13. The molecule has 0 atom stereocenters. The number of imidazole rings is 1. The van der Waals surface area contributed by atoms with Gasteiger partial charge in [0, 0.05) is 56.1 Å². The number of aromatic nitrogens is 5. The molecule has 0 aliphatic heterocycles. The van der Waals surface area contributed by atoms with Crippen molar-refractivity contribution in [3.05, 3.63) is 48.3 Å². The molecule has 212 valence electrons. The van der Waals surface area contributed by atoms with Gasteiger partial charge in [-0.1, -0.05) is 34.1 Å². The topological polar surface area (TPSA) is 108 Å². The van der Waals surface area contributed by atoms with E-state index in [2.05, 4.69) is 54.1 Å². The number of pyridine rings is 1. The maximum absolute atomic E-state index is 11.4. The zero-order valence-electron chi connectivity index (χ0n) is 24.2. The van der Waals surface area contributed by atoms with E-state index in [9.17, 15) is 4.79 Å². The number of carbonyl (C=O) groups is 1. The van der Waals surface area contributed by atoms with Crippen LogP contribution in [0.25, 0.3) is 11.0 Å². The summed E-state index contributed by atoms with van der Waals surface area (Å²) in [4.78, 5) is 20.3. The van der Waals surface area contributed by atoms with Crippen LogP contribution < -0.4 is 15.4 Å². The molecule has 4 aromatic rings. The molecule has 3 aromatic heterocycles. The summed E-state index contributed by atoms with van der Waals surface area (Å²) in [6, 6.07) is 11.7. The van der Waals surface area contributed by atoms with E-state index < -0.39 is 0 Å². The number of amides is 1. The van der Waals surface area contributed by atoms with Crippen LogP contribution in [0.1, 0.15) is 72.0 Å². The van der Waals surface area contributed by atoms with Gasteiger partial charge in [-0.2, -0.15) is 5.10 Å². The number of benzene rings is 1. The average Bonchev–Trinajstić information content (AvgIpc) is 3.42. The van der Waals surface area contributed by atoms with E-state index in [1.165, 1.54) is 12.6 Å². The minimum Gasteiger partial charge on any atom is -0.457 e. The van der Waals surface area contributed by atoms with E-state index in [-0.39, 0.29) is 11.3 Å². The zero-order chi connectivity index (χ0) is 28.4. The first-order valence-electron chi connectivity index (χ1n) is 14.0. The number of fused-ring (bicyclic) bond motifs is 1. The van der Waals surface area contributed by atoms with E-state index in [0.29, 0.717) is 35.4 Å². The second-order valence-electron chi connectivity index (χ2n) is 11.5. The standard InChI is InChI=1S/C30H39N7O3/c1-7-8-13-39-23-14-20(15-23)37-26(30(3,4)5)18-28(35-37)34-29-33-24-10-9-21(16-25(24)36(29)6)40-22-11-12-31-27(17-22)32-19(2)38/h9-12,16-18,20,23H,7-8,13-15H2,1-6H3,(H,31,32,38)(H,33,34,35). The number of nitrogens with one attached hydrogen (secondary N) is 2. The number of carbonyl (C=O) groups excluding carboxylic acids is 1. The van der Waals surface area contributed by atoms with Gasteiger partial charge in [-0.25, -0.2) is 9.97 Å². The maximum Gasteiger partial charge on any atom is 0.222 e. The molecule has 1 aliphatic carbocycles. The van der Waals surface area contributed by atoms with Crippen LogP contribution in [0, 0.1) is 0 Å². The number of aryl methyl sites for hydroxylation is 1. The Hall–Kier alpha value is -3.92. The fraction of sp³-hybridized carbons (Fsp3) is 0.467. The SMILES string of the molecule is CCCCOC1CC(n2nc(Nc3nc4ccc(Oc5ccnc(NC(C)=O)c5)cc4n3C)cc2C(C)(C)C)C1. The molecule has 3 heterocycles. The summed E-state index contributed by atoms with van der Waals surface area (Å²) in [5.74, 6) is 2.96. The van der Waals surface area contributed by atoms with Crippen molar-refractivity contribution in [1.82, 2.24) is 24.3 Å². The van der Waals surface area contributed by atoms with E-state index in [4.69, 9.17) is 19.6 Å². The Kier molecular flexibility index (Phi) is 7.80. The quantitative estimate of drug-likeness (QED) is 0.220. The number of rotatable bonds is 10. The van der Waals surface area contributed by atoms with Crippen molar-refractivity contribution in [3.63, 3.8) is 0 Å². The van der Waals surface area contributed by atoms with E-state index in [1.807, 2.05) is 29.8 Å². The highest BCUT2D eigenvalue weighted by atomic mass is 16.5. The second-order valence-corrected chi connectivity index (χ2v) is 11.5. The number of anilines is 3. The second kappa shape index (κ2) is 11.3. The molecule has 0 saturated heterocycles. The lowest BCUT2D eigenvalue weighted by Gasteiger charge is -2.37. The first-order chi connectivity index (χ1) is 19.1. The number of unbranched alkanes of at least 4 members (excludes halogenated alkanes) is 1. The van der Waals surface area contributed by atoms with Crippen LogP contribution in [0.5, 0.6) is 11.5 Å². The van der Waals surface area contributed by atoms with E-state index >= 15 is 0 Å². The summed E-state index contributed by atoms with van der Waals surface area (Å²) in [6.45, 7) is 11.1. The van der Waals surface area contributed by atoms with Gasteiger partial charge in [0.05, 0.1) is 23.2 Å². The van der Waals surface area contributed by atoms with E-state index in [1.54, 1.807) is 18.3 Å². The number of hydrogen-bond donors (Lipinski definition) is 2. The summed E-state index contributed by atoms with van der Waals surface area (Å²) in [5, 5.41) is 11.1. The van der Waals surface area contributed by atoms with Crippen LogP contribution in [0.15, 0.2) is 42.6 Å².